The highest BCUT2D eigenvalue weighted by Crippen LogP contribution is 2.30. The van der Waals surface area contributed by atoms with E-state index >= 15 is 0 Å². The fourth-order valence-corrected chi connectivity index (χ4v) is 3.73. The molecule has 0 radical (unpaired) electrons. The normalized spacial score (nSPS) is 11.1. The number of carbonyl (C=O) groups is 1. The average Bonchev–Trinajstić information content (AvgIpc) is 3.13. The molecule has 0 unspecified atom stereocenters. The monoisotopic (exact) mass is 431 g/mol. The molecule has 31 heavy (non-hydrogen) atoms. The number of aryl methyl sites for hydroxylation is 2. The largest absolute Gasteiger partial charge is 0.494 e. The van der Waals surface area contributed by atoms with Crippen LogP contribution in [0.25, 0.3) is 17.3 Å². The van der Waals surface area contributed by atoms with Crippen LogP contribution in [0.4, 0.5) is 5.13 Å². The van der Waals surface area contributed by atoms with E-state index in [2.05, 4.69) is 17.2 Å². The van der Waals surface area contributed by atoms with Crippen molar-refractivity contribution < 1.29 is 9.53 Å². The number of nitriles is 1. The van der Waals surface area contributed by atoms with Crippen LogP contribution < -0.4 is 10.1 Å². The molecule has 0 saturated heterocycles. The molecule has 1 amide bonds. The van der Waals surface area contributed by atoms with Gasteiger partial charge in [-0.2, -0.15) is 5.26 Å². The summed E-state index contributed by atoms with van der Waals surface area (Å²) in [6.45, 7) is 6.79. The Balaban J connectivity index is 1.70. The molecule has 0 aliphatic carbocycles. The lowest BCUT2D eigenvalue weighted by Gasteiger charge is -2.05. The van der Waals surface area contributed by atoms with Gasteiger partial charge < -0.3 is 4.74 Å². The minimum absolute atomic E-state index is 0.0180. The number of nitrogens with one attached hydrogen (secondary N) is 1. The van der Waals surface area contributed by atoms with Gasteiger partial charge >= 0.3 is 0 Å². The number of ether oxygens (including phenoxy) is 1. The van der Waals surface area contributed by atoms with Gasteiger partial charge in [-0.3, -0.25) is 10.1 Å². The molecule has 1 N–H and O–H groups in total. The van der Waals surface area contributed by atoms with Crippen LogP contribution in [-0.4, -0.2) is 17.5 Å². The Kier molecular flexibility index (Phi) is 7.58. The Morgan fingerprint density at radius 3 is 2.52 bits per heavy atom. The van der Waals surface area contributed by atoms with Crippen LogP contribution in [0.2, 0.25) is 0 Å². The summed E-state index contributed by atoms with van der Waals surface area (Å²) in [6.07, 6.45) is 3.64. The van der Waals surface area contributed by atoms with Gasteiger partial charge in [0.15, 0.2) is 5.13 Å². The van der Waals surface area contributed by atoms with E-state index in [-0.39, 0.29) is 5.57 Å². The summed E-state index contributed by atoms with van der Waals surface area (Å²) >= 11 is 1.39. The van der Waals surface area contributed by atoms with Gasteiger partial charge in [0, 0.05) is 10.4 Å². The molecule has 2 aromatic carbocycles. The van der Waals surface area contributed by atoms with E-state index in [1.807, 2.05) is 68.4 Å². The number of aromatic nitrogens is 1. The quantitative estimate of drug-likeness (QED) is 0.264. The summed E-state index contributed by atoms with van der Waals surface area (Å²) in [6, 6.07) is 17.4. The van der Waals surface area contributed by atoms with Crippen molar-refractivity contribution in [1.29, 1.82) is 5.26 Å². The highest BCUT2D eigenvalue weighted by Gasteiger charge is 2.15. The molecule has 6 heteroatoms. The summed E-state index contributed by atoms with van der Waals surface area (Å²) in [4.78, 5) is 18.2. The Morgan fingerprint density at radius 1 is 1.16 bits per heavy atom. The smallest absolute Gasteiger partial charge is 0.268 e. The molecular weight excluding hydrogens is 406 g/mol. The molecule has 0 fully saturated rings. The molecule has 0 spiro atoms. The summed E-state index contributed by atoms with van der Waals surface area (Å²) < 4.78 is 5.64. The summed E-state index contributed by atoms with van der Waals surface area (Å²) in [7, 11) is 0. The Morgan fingerprint density at radius 2 is 1.87 bits per heavy atom. The third kappa shape index (κ3) is 6.03. The van der Waals surface area contributed by atoms with Gasteiger partial charge in [0.25, 0.3) is 5.91 Å². The van der Waals surface area contributed by atoms with Gasteiger partial charge in [0.2, 0.25) is 0 Å². The second kappa shape index (κ2) is 10.6. The lowest BCUT2D eigenvalue weighted by molar-refractivity contribution is -0.112. The predicted molar refractivity (Wildman–Crippen MR) is 126 cm³/mol. The zero-order valence-corrected chi connectivity index (χ0v) is 18.8. The first kappa shape index (κ1) is 22.3. The maximum Gasteiger partial charge on any atom is 0.268 e. The first-order valence-electron chi connectivity index (χ1n) is 10.2. The molecule has 0 saturated carbocycles. The van der Waals surface area contributed by atoms with Crippen LogP contribution in [0.1, 0.15) is 35.8 Å². The number of rotatable bonds is 8. The van der Waals surface area contributed by atoms with Gasteiger partial charge in [0.05, 0.1) is 12.3 Å². The van der Waals surface area contributed by atoms with Gasteiger partial charge in [0.1, 0.15) is 17.4 Å². The van der Waals surface area contributed by atoms with Crippen molar-refractivity contribution in [2.75, 3.05) is 11.9 Å². The van der Waals surface area contributed by atoms with Crippen LogP contribution in [0, 0.1) is 25.2 Å². The number of amides is 1. The predicted octanol–water partition coefficient (Wildman–Crippen LogP) is 6.15. The topological polar surface area (TPSA) is 75.0 Å². The van der Waals surface area contributed by atoms with Gasteiger partial charge in [-0.1, -0.05) is 55.3 Å². The zero-order chi connectivity index (χ0) is 22.2. The molecule has 5 nitrogen and oxygen atoms in total. The maximum atomic E-state index is 12.6. The van der Waals surface area contributed by atoms with Crippen molar-refractivity contribution in [3.05, 3.63) is 70.1 Å². The molecule has 1 heterocycles. The number of hydrogen-bond donors (Lipinski definition) is 1. The van der Waals surface area contributed by atoms with Crippen LogP contribution in [0.3, 0.4) is 0 Å². The standard InChI is InChI=1S/C25H25N3O2S/c1-4-5-14-30-22-12-8-19(9-13-22)15-21(16-26)24(29)28-25-27-23(18(3)31-25)20-10-6-17(2)7-11-20/h6-13,15H,4-5,14H2,1-3H3,(H,27,28,29)/b21-15+. The molecule has 0 aliphatic rings. The molecule has 3 aromatic rings. The number of thiazole rings is 1. The maximum absolute atomic E-state index is 12.6. The van der Waals surface area contributed by atoms with E-state index in [9.17, 15) is 10.1 Å². The van der Waals surface area contributed by atoms with Gasteiger partial charge in [-0.15, -0.1) is 11.3 Å². The number of carbonyl (C=O) groups excluding carboxylic acids is 1. The SMILES string of the molecule is CCCCOc1ccc(/C=C(\C#N)C(=O)Nc2nc(-c3ccc(C)cc3)c(C)s2)cc1. The first-order valence-corrected chi connectivity index (χ1v) is 11.0. The van der Waals surface area contributed by atoms with Crippen LogP contribution in [0.15, 0.2) is 54.1 Å². The summed E-state index contributed by atoms with van der Waals surface area (Å²) in [5.74, 6) is 0.297. The number of hydrogen-bond acceptors (Lipinski definition) is 5. The number of anilines is 1. The van der Waals surface area contributed by atoms with Gasteiger partial charge in [-0.05, 0) is 44.0 Å². The fourth-order valence-electron chi connectivity index (χ4n) is 2.90. The lowest BCUT2D eigenvalue weighted by atomic mass is 10.1. The van der Waals surface area contributed by atoms with Crippen molar-refractivity contribution in [1.82, 2.24) is 4.98 Å². The van der Waals surface area contributed by atoms with Crippen molar-refractivity contribution in [3.63, 3.8) is 0 Å². The number of benzene rings is 2. The van der Waals surface area contributed by atoms with Crippen molar-refractivity contribution in [2.45, 2.75) is 33.6 Å². The second-order valence-electron chi connectivity index (χ2n) is 7.18. The molecule has 1 aromatic heterocycles. The van der Waals surface area contributed by atoms with E-state index in [1.54, 1.807) is 6.08 Å². The molecule has 3 rings (SSSR count). The first-order chi connectivity index (χ1) is 15.0. The summed E-state index contributed by atoms with van der Waals surface area (Å²) in [5.41, 5.74) is 3.78. The van der Waals surface area contributed by atoms with Gasteiger partial charge in [-0.25, -0.2) is 4.98 Å². The fraction of sp³-hybridized carbons (Fsp3) is 0.240. The van der Waals surface area contributed by atoms with Crippen LogP contribution >= 0.6 is 11.3 Å². The van der Waals surface area contributed by atoms with Crippen molar-refractivity contribution in [2.24, 2.45) is 0 Å². The van der Waals surface area contributed by atoms with Crippen LogP contribution in [-0.2, 0) is 4.79 Å². The highest BCUT2D eigenvalue weighted by atomic mass is 32.1. The van der Waals surface area contributed by atoms with E-state index < -0.39 is 5.91 Å². The Hall–Kier alpha value is -3.43. The number of unbranched alkanes of at least 4 members (excludes halogenated alkanes) is 1. The molecular formula is C25H25N3O2S. The van der Waals surface area contributed by atoms with E-state index in [1.165, 1.54) is 16.9 Å². The lowest BCUT2D eigenvalue weighted by Crippen LogP contribution is -2.13. The van der Waals surface area contributed by atoms with Crippen molar-refractivity contribution >= 4 is 28.5 Å². The molecule has 0 aliphatic heterocycles. The average molecular weight is 432 g/mol. The second-order valence-corrected chi connectivity index (χ2v) is 8.39. The zero-order valence-electron chi connectivity index (χ0n) is 17.9. The van der Waals surface area contributed by atoms with Crippen molar-refractivity contribution in [3.8, 4) is 23.1 Å². The summed E-state index contributed by atoms with van der Waals surface area (Å²) in [5, 5.41) is 12.7. The van der Waals surface area contributed by atoms with E-state index in [0.717, 1.165) is 40.3 Å². The third-order valence-electron chi connectivity index (χ3n) is 4.66. The highest BCUT2D eigenvalue weighted by molar-refractivity contribution is 7.16. The molecule has 0 bridgehead atoms. The van der Waals surface area contributed by atoms with E-state index in [0.29, 0.717) is 11.7 Å². The third-order valence-corrected chi connectivity index (χ3v) is 5.55. The minimum atomic E-state index is -0.477. The number of nitrogens with zero attached hydrogens (tertiary/aromatic N) is 2. The molecule has 0 atom stereocenters. The van der Waals surface area contributed by atoms with Crippen LogP contribution in [0.5, 0.6) is 5.75 Å². The molecule has 158 valence electrons. The van der Waals surface area contributed by atoms with E-state index in [4.69, 9.17) is 4.74 Å². The Bertz CT molecular complexity index is 1110. The Labute approximate surface area is 187 Å². The minimum Gasteiger partial charge on any atom is -0.494 e.